The van der Waals surface area contributed by atoms with E-state index >= 15 is 0 Å². The van der Waals surface area contributed by atoms with Crippen LogP contribution < -0.4 is 10.6 Å². The van der Waals surface area contributed by atoms with Gasteiger partial charge in [-0.05, 0) is 12.8 Å². The van der Waals surface area contributed by atoms with Gasteiger partial charge in [-0.1, -0.05) is 39.5 Å². The van der Waals surface area contributed by atoms with E-state index in [1.165, 1.54) is 12.8 Å². The molecule has 1 heterocycles. The van der Waals surface area contributed by atoms with Crippen molar-refractivity contribution < 1.29 is 14.7 Å². The number of carbonyl (C=O) groups is 2. The van der Waals surface area contributed by atoms with Gasteiger partial charge in [0.05, 0.1) is 6.10 Å². The number of hydrogen-bond donors (Lipinski definition) is 3. The molecule has 1 saturated carbocycles. The highest BCUT2D eigenvalue weighted by Gasteiger charge is 2.39. The minimum atomic E-state index is -0.918. The molecule has 0 radical (unpaired) electrons. The molecule has 2 atom stereocenters. The van der Waals surface area contributed by atoms with Crippen molar-refractivity contribution in [1.82, 2.24) is 10.6 Å². The lowest BCUT2D eigenvalue weighted by Gasteiger charge is -2.19. The van der Waals surface area contributed by atoms with E-state index in [9.17, 15) is 14.7 Å². The SMILES string of the molecule is CC.O=C1NCC(O)C1C(=O)NC1CCCCCC1. The summed E-state index contributed by atoms with van der Waals surface area (Å²) >= 11 is 0. The summed E-state index contributed by atoms with van der Waals surface area (Å²) in [5, 5.41) is 15.0. The molecule has 1 aliphatic carbocycles. The van der Waals surface area contributed by atoms with E-state index in [4.69, 9.17) is 0 Å². The minimum Gasteiger partial charge on any atom is -0.390 e. The van der Waals surface area contributed by atoms with E-state index in [2.05, 4.69) is 10.6 Å². The predicted octanol–water partition coefficient (Wildman–Crippen LogP) is 0.958. The summed E-state index contributed by atoms with van der Waals surface area (Å²) in [6.45, 7) is 4.18. The van der Waals surface area contributed by atoms with E-state index in [0.717, 1.165) is 25.7 Å². The molecule has 0 spiro atoms. The third-order valence-electron chi connectivity index (χ3n) is 3.64. The average Bonchev–Trinajstić information content (AvgIpc) is 2.61. The lowest BCUT2D eigenvalue weighted by Crippen LogP contribution is -2.44. The second-order valence-electron chi connectivity index (χ2n) is 4.99. The number of nitrogens with one attached hydrogen (secondary N) is 2. The second-order valence-corrected chi connectivity index (χ2v) is 4.99. The van der Waals surface area contributed by atoms with Crippen molar-refractivity contribution in [2.24, 2.45) is 5.92 Å². The van der Waals surface area contributed by atoms with Gasteiger partial charge < -0.3 is 15.7 Å². The summed E-state index contributed by atoms with van der Waals surface area (Å²) in [6.07, 6.45) is 5.78. The van der Waals surface area contributed by atoms with Crippen LogP contribution >= 0.6 is 0 Å². The van der Waals surface area contributed by atoms with E-state index in [1.807, 2.05) is 13.8 Å². The molecule has 0 aromatic rings. The third-order valence-corrected chi connectivity index (χ3v) is 3.64. The topological polar surface area (TPSA) is 78.4 Å². The molecule has 2 rings (SSSR count). The number of hydrogen-bond acceptors (Lipinski definition) is 3. The van der Waals surface area contributed by atoms with Crippen LogP contribution in [-0.4, -0.2) is 35.6 Å². The van der Waals surface area contributed by atoms with Crippen LogP contribution in [0.1, 0.15) is 52.4 Å². The Morgan fingerprint density at radius 1 is 1.21 bits per heavy atom. The molecular formula is C14H26N2O3. The summed E-state index contributed by atoms with van der Waals surface area (Å²) in [5.74, 6) is -1.60. The molecule has 5 heteroatoms. The zero-order valence-corrected chi connectivity index (χ0v) is 11.9. The van der Waals surface area contributed by atoms with Crippen LogP contribution in [0, 0.1) is 5.92 Å². The van der Waals surface area contributed by atoms with Gasteiger partial charge in [0, 0.05) is 12.6 Å². The molecule has 0 aromatic carbocycles. The summed E-state index contributed by atoms with van der Waals surface area (Å²) in [6, 6.07) is 0.172. The molecule has 0 bridgehead atoms. The number of carbonyl (C=O) groups excluding carboxylic acids is 2. The molecule has 3 N–H and O–H groups in total. The van der Waals surface area contributed by atoms with E-state index in [-0.39, 0.29) is 24.4 Å². The van der Waals surface area contributed by atoms with Crippen molar-refractivity contribution in [2.45, 2.75) is 64.5 Å². The summed E-state index contributed by atoms with van der Waals surface area (Å²) in [7, 11) is 0. The smallest absolute Gasteiger partial charge is 0.235 e. The van der Waals surface area contributed by atoms with Crippen LogP contribution in [0.3, 0.4) is 0 Å². The zero-order chi connectivity index (χ0) is 14.3. The fraction of sp³-hybridized carbons (Fsp3) is 0.857. The minimum absolute atomic E-state index is 0.172. The van der Waals surface area contributed by atoms with Crippen LogP contribution in [-0.2, 0) is 9.59 Å². The van der Waals surface area contributed by atoms with Gasteiger partial charge in [-0.25, -0.2) is 0 Å². The van der Waals surface area contributed by atoms with Gasteiger partial charge in [-0.15, -0.1) is 0 Å². The van der Waals surface area contributed by atoms with Gasteiger partial charge in [0.15, 0.2) is 0 Å². The van der Waals surface area contributed by atoms with Gasteiger partial charge >= 0.3 is 0 Å². The van der Waals surface area contributed by atoms with Crippen LogP contribution in [0.2, 0.25) is 0 Å². The Bertz CT molecular complexity index is 299. The average molecular weight is 270 g/mol. The van der Waals surface area contributed by atoms with Crippen molar-refractivity contribution in [2.75, 3.05) is 6.54 Å². The Morgan fingerprint density at radius 3 is 2.26 bits per heavy atom. The maximum atomic E-state index is 11.9. The molecular weight excluding hydrogens is 244 g/mol. The molecule has 2 unspecified atom stereocenters. The molecule has 1 aliphatic heterocycles. The first-order valence-electron chi connectivity index (χ1n) is 7.44. The van der Waals surface area contributed by atoms with Gasteiger partial charge in [-0.3, -0.25) is 9.59 Å². The Kier molecular flexibility index (Phi) is 6.84. The third kappa shape index (κ3) is 4.49. The molecule has 2 amide bonds. The molecule has 2 aliphatic rings. The van der Waals surface area contributed by atoms with Gasteiger partial charge in [-0.2, -0.15) is 0 Å². The largest absolute Gasteiger partial charge is 0.390 e. The fourth-order valence-corrected chi connectivity index (χ4v) is 2.62. The maximum Gasteiger partial charge on any atom is 0.235 e. The highest BCUT2D eigenvalue weighted by molar-refractivity contribution is 6.02. The van der Waals surface area contributed by atoms with Gasteiger partial charge in [0.1, 0.15) is 5.92 Å². The first kappa shape index (κ1) is 16.0. The number of rotatable bonds is 2. The summed E-state index contributed by atoms with van der Waals surface area (Å²) in [4.78, 5) is 23.3. The molecule has 0 aromatic heterocycles. The van der Waals surface area contributed by atoms with Crippen LogP contribution in [0.4, 0.5) is 0 Å². The van der Waals surface area contributed by atoms with Crippen LogP contribution in [0.25, 0.3) is 0 Å². The van der Waals surface area contributed by atoms with Crippen molar-refractivity contribution >= 4 is 11.8 Å². The standard InChI is InChI=1S/C12H20N2O3.C2H6/c15-9-7-13-11(16)10(9)12(17)14-8-5-3-1-2-4-6-8;1-2/h8-10,15H,1-7H2,(H,13,16)(H,14,17);1-2H3. The predicted molar refractivity (Wildman–Crippen MR) is 73.5 cm³/mol. The normalized spacial score (nSPS) is 27.8. The summed E-state index contributed by atoms with van der Waals surface area (Å²) in [5.41, 5.74) is 0. The van der Waals surface area contributed by atoms with Gasteiger partial charge in [0.25, 0.3) is 0 Å². The quantitative estimate of drug-likeness (QED) is 0.516. The highest BCUT2D eigenvalue weighted by Crippen LogP contribution is 2.18. The van der Waals surface area contributed by atoms with Crippen molar-refractivity contribution in [3.05, 3.63) is 0 Å². The Hall–Kier alpha value is -1.10. The van der Waals surface area contributed by atoms with Gasteiger partial charge in [0.2, 0.25) is 11.8 Å². The van der Waals surface area contributed by atoms with Crippen molar-refractivity contribution in [3.63, 3.8) is 0 Å². The second kappa shape index (κ2) is 8.15. The van der Waals surface area contributed by atoms with Crippen molar-refractivity contribution in [3.8, 4) is 0 Å². The monoisotopic (exact) mass is 270 g/mol. The first-order chi connectivity index (χ1) is 9.18. The number of aliphatic hydroxyl groups excluding tert-OH is 1. The van der Waals surface area contributed by atoms with E-state index in [0.29, 0.717) is 0 Å². The molecule has 1 saturated heterocycles. The maximum absolute atomic E-state index is 11.9. The molecule has 5 nitrogen and oxygen atoms in total. The highest BCUT2D eigenvalue weighted by atomic mass is 16.3. The molecule has 19 heavy (non-hydrogen) atoms. The number of β-amino-alcohol motifs (C(OH)–C–C–N with tert-alkyl or cyclic N) is 1. The summed E-state index contributed by atoms with van der Waals surface area (Å²) < 4.78 is 0. The van der Waals surface area contributed by atoms with E-state index < -0.39 is 12.0 Å². The lowest BCUT2D eigenvalue weighted by atomic mass is 10.0. The van der Waals surface area contributed by atoms with Crippen LogP contribution in [0.5, 0.6) is 0 Å². The lowest BCUT2D eigenvalue weighted by molar-refractivity contribution is -0.136. The Balaban J connectivity index is 0.000000861. The Morgan fingerprint density at radius 2 is 1.79 bits per heavy atom. The first-order valence-corrected chi connectivity index (χ1v) is 7.44. The Labute approximate surface area is 115 Å². The number of aliphatic hydroxyl groups is 1. The van der Waals surface area contributed by atoms with Crippen LogP contribution in [0.15, 0.2) is 0 Å². The molecule has 110 valence electrons. The van der Waals surface area contributed by atoms with Crippen molar-refractivity contribution in [1.29, 1.82) is 0 Å². The molecule has 2 fully saturated rings. The zero-order valence-electron chi connectivity index (χ0n) is 11.9. The van der Waals surface area contributed by atoms with E-state index in [1.54, 1.807) is 0 Å². The fourth-order valence-electron chi connectivity index (χ4n) is 2.62. The number of amides is 2.